The number of ketones is 1. The number of nitrogens with zero attached hydrogens (tertiary/aromatic N) is 2. The summed E-state index contributed by atoms with van der Waals surface area (Å²) in [6.07, 6.45) is 8.43. The highest BCUT2D eigenvalue weighted by molar-refractivity contribution is 5.97. The lowest BCUT2D eigenvalue weighted by molar-refractivity contribution is -0.130. The smallest absolute Gasteiger partial charge is 0.148 e. The highest BCUT2D eigenvalue weighted by atomic mass is 16.5. The third kappa shape index (κ3) is 4.17. The molecule has 0 bridgehead atoms. The molecule has 1 aromatic rings. The standard InChI is InChI=1S/C33H40N2O4/c1-22(37)33(13-3-17-36)14-12-30-28-10-6-24-20-25(34-38)7-11-27(24)31(28)29(21-32(30,33)2)23-4-8-26(9-5-23)35-15-18-39-19-16-35/h4-5,8-9,20,28-30,36,38H,6-7,10-12,14-19,21H2,1-2H3/t28-,29+,30-,32-,33+/m0/s1. The molecule has 206 valence electrons. The molecule has 1 aliphatic heterocycles. The number of morpholine rings is 1. The summed E-state index contributed by atoms with van der Waals surface area (Å²) in [7, 11) is 0. The number of allylic oxidation sites excluding steroid dienone is 4. The Morgan fingerprint density at radius 3 is 2.62 bits per heavy atom. The number of benzene rings is 1. The molecule has 1 heterocycles. The van der Waals surface area contributed by atoms with Gasteiger partial charge in [0.2, 0.25) is 0 Å². The quantitative estimate of drug-likeness (QED) is 0.318. The molecule has 3 fully saturated rings. The first kappa shape index (κ1) is 26.3. The topological polar surface area (TPSA) is 82.4 Å². The first-order chi connectivity index (χ1) is 18.9. The Morgan fingerprint density at radius 2 is 1.92 bits per heavy atom. The molecule has 39 heavy (non-hydrogen) atoms. The Morgan fingerprint density at radius 1 is 1.15 bits per heavy atom. The number of hydrogen-bond donors (Lipinski definition) is 2. The number of carbonyl (C=O) groups is 1. The molecular weight excluding hydrogens is 488 g/mol. The van der Waals surface area contributed by atoms with E-state index in [1.54, 1.807) is 12.5 Å². The van der Waals surface area contributed by atoms with Gasteiger partial charge in [-0.2, -0.15) is 0 Å². The molecule has 6 nitrogen and oxygen atoms in total. The van der Waals surface area contributed by atoms with Crippen LogP contribution in [0.4, 0.5) is 5.69 Å². The Bertz CT molecular complexity index is 1290. The summed E-state index contributed by atoms with van der Waals surface area (Å²) in [5.74, 6) is 7.38. The van der Waals surface area contributed by atoms with Crippen LogP contribution < -0.4 is 4.90 Å². The van der Waals surface area contributed by atoms with E-state index in [1.165, 1.54) is 22.4 Å². The van der Waals surface area contributed by atoms with Crippen molar-refractivity contribution < 1.29 is 19.8 Å². The van der Waals surface area contributed by atoms with Gasteiger partial charge in [0.15, 0.2) is 0 Å². The molecule has 2 N–H and O–H groups in total. The molecule has 1 aromatic carbocycles. The molecular formula is C33H40N2O4. The van der Waals surface area contributed by atoms with Gasteiger partial charge in [-0.1, -0.05) is 41.6 Å². The Balaban J connectivity index is 1.47. The second-order valence-electron chi connectivity index (χ2n) is 12.3. The molecule has 0 spiro atoms. The van der Waals surface area contributed by atoms with Crippen molar-refractivity contribution >= 4 is 17.2 Å². The average Bonchev–Trinajstić information content (AvgIpc) is 3.28. The number of rotatable bonds is 3. The van der Waals surface area contributed by atoms with E-state index in [9.17, 15) is 15.1 Å². The minimum absolute atomic E-state index is 0.142. The van der Waals surface area contributed by atoms with Crippen molar-refractivity contribution in [3.05, 3.63) is 52.6 Å². The molecule has 0 aromatic heterocycles. The zero-order chi connectivity index (χ0) is 27.2. The van der Waals surface area contributed by atoms with Gasteiger partial charge < -0.3 is 20.0 Å². The van der Waals surface area contributed by atoms with Gasteiger partial charge in [-0.25, -0.2) is 0 Å². The Labute approximate surface area is 231 Å². The number of hydrogen-bond acceptors (Lipinski definition) is 6. The van der Waals surface area contributed by atoms with Crippen molar-refractivity contribution in [3.8, 4) is 11.8 Å². The van der Waals surface area contributed by atoms with Crippen LogP contribution in [0, 0.1) is 34.5 Å². The van der Waals surface area contributed by atoms with Gasteiger partial charge >= 0.3 is 0 Å². The van der Waals surface area contributed by atoms with Crippen LogP contribution in [0.5, 0.6) is 0 Å². The van der Waals surface area contributed by atoms with Gasteiger partial charge in [0.05, 0.1) is 24.3 Å². The number of aliphatic hydroxyl groups is 1. The SMILES string of the molecule is CC(=O)[C@@]1(C#CCO)CC[C@H]2[C@@H]3CCC4=CC(=NO)CCC4=C3[C@@H](c3ccc(N4CCOCC4)cc3)C[C@@]21C. The van der Waals surface area contributed by atoms with Crippen LogP contribution in [-0.4, -0.2) is 54.7 Å². The van der Waals surface area contributed by atoms with E-state index in [0.29, 0.717) is 11.8 Å². The maximum absolute atomic E-state index is 13.4. The average molecular weight is 529 g/mol. The number of aliphatic hydroxyl groups excluding tert-OH is 1. The molecule has 5 aliphatic rings. The van der Waals surface area contributed by atoms with Crippen LogP contribution in [0.3, 0.4) is 0 Å². The van der Waals surface area contributed by atoms with Gasteiger partial charge in [0.25, 0.3) is 0 Å². The van der Waals surface area contributed by atoms with E-state index in [1.807, 2.05) is 0 Å². The molecule has 0 unspecified atom stereocenters. The van der Waals surface area contributed by atoms with Gasteiger partial charge in [-0.05, 0) is 104 Å². The van der Waals surface area contributed by atoms with E-state index in [-0.39, 0.29) is 23.7 Å². The number of carbonyl (C=O) groups excluding carboxylic acids is 1. The van der Waals surface area contributed by atoms with Crippen molar-refractivity contribution in [2.45, 2.75) is 64.7 Å². The summed E-state index contributed by atoms with van der Waals surface area (Å²) < 4.78 is 5.55. The normalized spacial score (nSPS) is 34.9. The molecule has 0 radical (unpaired) electrons. The van der Waals surface area contributed by atoms with E-state index in [2.05, 4.69) is 59.2 Å². The number of anilines is 1. The van der Waals surface area contributed by atoms with Crippen LogP contribution in [0.15, 0.2) is 52.2 Å². The minimum atomic E-state index is -0.720. The predicted octanol–water partition coefficient (Wildman–Crippen LogP) is 5.25. The van der Waals surface area contributed by atoms with Gasteiger partial charge in [0, 0.05) is 24.7 Å². The summed E-state index contributed by atoms with van der Waals surface area (Å²) in [5, 5.41) is 22.6. The van der Waals surface area contributed by atoms with Gasteiger partial charge in [-0.15, -0.1) is 0 Å². The Hall–Kier alpha value is -2.88. The maximum atomic E-state index is 13.4. The highest BCUT2D eigenvalue weighted by Crippen LogP contribution is 2.69. The number of Topliss-reactive ketones (excluding diaryl/α,β-unsaturated/α-hetero) is 1. The van der Waals surface area contributed by atoms with E-state index in [0.717, 1.165) is 77.0 Å². The zero-order valence-electron chi connectivity index (χ0n) is 23.2. The predicted molar refractivity (Wildman–Crippen MR) is 152 cm³/mol. The van der Waals surface area contributed by atoms with Crippen molar-refractivity contribution in [1.29, 1.82) is 0 Å². The monoisotopic (exact) mass is 528 g/mol. The summed E-state index contributed by atoms with van der Waals surface area (Å²) >= 11 is 0. The first-order valence-electron chi connectivity index (χ1n) is 14.6. The molecule has 5 atom stereocenters. The third-order valence-corrected chi connectivity index (χ3v) is 10.7. The van der Waals surface area contributed by atoms with Crippen molar-refractivity contribution in [1.82, 2.24) is 0 Å². The molecule has 4 aliphatic carbocycles. The fraction of sp³-hybridized carbons (Fsp3) is 0.576. The second kappa shape index (κ2) is 10.3. The van der Waals surface area contributed by atoms with Crippen LogP contribution in [-0.2, 0) is 9.53 Å². The summed E-state index contributed by atoms with van der Waals surface area (Å²) in [4.78, 5) is 15.8. The van der Waals surface area contributed by atoms with Crippen LogP contribution in [0.1, 0.15) is 70.3 Å². The number of oxime groups is 1. The van der Waals surface area contributed by atoms with Crippen molar-refractivity contribution in [2.75, 3.05) is 37.8 Å². The largest absolute Gasteiger partial charge is 0.411 e. The van der Waals surface area contributed by atoms with Crippen LogP contribution >= 0.6 is 0 Å². The highest BCUT2D eigenvalue weighted by Gasteiger charge is 2.64. The molecule has 0 amide bonds. The molecule has 2 saturated carbocycles. The lowest BCUT2D eigenvalue weighted by Crippen LogP contribution is -2.50. The molecule has 6 heteroatoms. The molecule has 6 rings (SSSR count). The van der Waals surface area contributed by atoms with Crippen molar-refractivity contribution in [3.63, 3.8) is 0 Å². The lowest BCUT2D eigenvalue weighted by Gasteiger charge is -2.54. The number of fused-ring (bicyclic) bond motifs is 4. The zero-order valence-corrected chi connectivity index (χ0v) is 23.2. The van der Waals surface area contributed by atoms with E-state index in [4.69, 9.17) is 4.74 Å². The summed E-state index contributed by atoms with van der Waals surface area (Å²) in [6, 6.07) is 9.11. The summed E-state index contributed by atoms with van der Waals surface area (Å²) in [5.41, 5.74) is 6.67. The minimum Gasteiger partial charge on any atom is -0.411 e. The van der Waals surface area contributed by atoms with Crippen molar-refractivity contribution in [2.24, 2.45) is 27.8 Å². The summed E-state index contributed by atoms with van der Waals surface area (Å²) in [6.45, 7) is 7.15. The number of ether oxygens (including phenoxy) is 1. The van der Waals surface area contributed by atoms with Crippen LogP contribution in [0.2, 0.25) is 0 Å². The van der Waals surface area contributed by atoms with Gasteiger partial charge in [0.1, 0.15) is 12.4 Å². The second-order valence-corrected chi connectivity index (χ2v) is 12.3. The van der Waals surface area contributed by atoms with E-state index >= 15 is 0 Å². The third-order valence-electron chi connectivity index (χ3n) is 10.7. The van der Waals surface area contributed by atoms with Crippen LogP contribution in [0.25, 0.3) is 0 Å². The fourth-order valence-electron chi connectivity index (χ4n) is 8.88. The Kier molecular flexibility index (Phi) is 6.93. The fourth-order valence-corrected chi connectivity index (χ4v) is 8.88. The first-order valence-corrected chi connectivity index (χ1v) is 14.6. The molecule has 1 saturated heterocycles. The maximum Gasteiger partial charge on any atom is 0.148 e. The lowest BCUT2D eigenvalue weighted by atomic mass is 9.48. The van der Waals surface area contributed by atoms with Gasteiger partial charge in [-0.3, -0.25) is 4.79 Å². The van der Waals surface area contributed by atoms with E-state index < -0.39 is 5.41 Å².